The lowest BCUT2D eigenvalue weighted by Crippen LogP contribution is -2.16. The fraction of sp³-hybridized carbons (Fsp3) is 0.143. The van der Waals surface area contributed by atoms with Crippen molar-refractivity contribution < 1.29 is 9.18 Å². The molecule has 2 rings (SSSR count). The van der Waals surface area contributed by atoms with Crippen molar-refractivity contribution in [1.29, 1.82) is 0 Å². The van der Waals surface area contributed by atoms with Gasteiger partial charge in [0.25, 0.3) is 5.91 Å². The van der Waals surface area contributed by atoms with E-state index in [2.05, 4.69) is 31.5 Å². The number of aryl methyl sites for hydroxylation is 1. The van der Waals surface area contributed by atoms with Crippen LogP contribution in [-0.2, 0) is 0 Å². The lowest BCUT2D eigenvalue weighted by atomic mass is 10.2. The molecule has 0 aliphatic rings. The predicted molar refractivity (Wildman–Crippen MR) is 80.6 cm³/mol. The van der Waals surface area contributed by atoms with Crippen LogP contribution in [0.3, 0.4) is 0 Å². The van der Waals surface area contributed by atoms with Crippen molar-refractivity contribution in [3.05, 3.63) is 52.0 Å². The first-order chi connectivity index (χ1) is 9.52. The molecule has 1 heterocycles. The van der Waals surface area contributed by atoms with Gasteiger partial charge in [-0.05, 0) is 41.1 Å². The van der Waals surface area contributed by atoms with E-state index in [-0.39, 0.29) is 5.69 Å². The van der Waals surface area contributed by atoms with Gasteiger partial charge in [0.05, 0.1) is 16.9 Å². The largest absolute Gasteiger partial charge is 0.387 e. The zero-order valence-corrected chi connectivity index (χ0v) is 12.6. The summed E-state index contributed by atoms with van der Waals surface area (Å²) >= 11 is 3.21. The second-order valence-corrected chi connectivity index (χ2v) is 5.03. The first kappa shape index (κ1) is 14.5. The fourth-order valence-electron chi connectivity index (χ4n) is 1.75. The number of halogens is 2. The van der Waals surface area contributed by atoms with Crippen LogP contribution >= 0.6 is 15.9 Å². The Morgan fingerprint density at radius 3 is 2.80 bits per heavy atom. The van der Waals surface area contributed by atoms with Crippen molar-refractivity contribution in [2.24, 2.45) is 0 Å². The molecule has 0 bridgehead atoms. The molecular weight excluding hydrogens is 325 g/mol. The summed E-state index contributed by atoms with van der Waals surface area (Å²) in [6.07, 6.45) is 1.46. The summed E-state index contributed by atoms with van der Waals surface area (Å²) in [5.41, 5.74) is 1.90. The zero-order chi connectivity index (χ0) is 14.7. The standard InChI is InChI=1S/C14H13BrFN3O/c1-8-6-12(17-2)9(7-18-8)14(20)19-13-10(15)4-3-5-11(13)16/h3-7H,1-2H3,(H,17,18)(H,19,20). The van der Waals surface area contributed by atoms with Gasteiger partial charge < -0.3 is 10.6 Å². The van der Waals surface area contributed by atoms with E-state index in [4.69, 9.17) is 0 Å². The van der Waals surface area contributed by atoms with Gasteiger partial charge in [0, 0.05) is 23.4 Å². The molecule has 1 amide bonds. The third-order valence-electron chi connectivity index (χ3n) is 2.76. The molecule has 1 aromatic heterocycles. The van der Waals surface area contributed by atoms with Crippen LogP contribution in [0, 0.1) is 12.7 Å². The normalized spacial score (nSPS) is 10.2. The van der Waals surface area contributed by atoms with Gasteiger partial charge in [-0.25, -0.2) is 4.39 Å². The van der Waals surface area contributed by atoms with Crippen LogP contribution in [0.5, 0.6) is 0 Å². The highest BCUT2D eigenvalue weighted by atomic mass is 79.9. The molecule has 0 atom stereocenters. The number of aromatic nitrogens is 1. The second-order valence-electron chi connectivity index (χ2n) is 4.17. The van der Waals surface area contributed by atoms with E-state index in [1.165, 1.54) is 12.3 Å². The van der Waals surface area contributed by atoms with Crippen molar-refractivity contribution >= 4 is 33.2 Å². The van der Waals surface area contributed by atoms with E-state index in [0.717, 1.165) is 5.69 Å². The minimum Gasteiger partial charge on any atom is -0.387 e. The minimum absolute atomic E-state index is 0.111. The Morgan fingerprint density at radius 1 is 1.40 bits per heavy atom. The molecule has 104 valence electrons. The van der Waals surface area contributed by atoms with Crippen LogP contribution in [0.1, 0.15) is 16.1 Å². The number of para-hydroxylation sites is 1. The predicted octanol–water partition coefficient (Wildman–Crippen LogP) is 3.59. The molecular formula is C14H13BrFN3O. The van der Waals surface area contributed by atoms with Crippen LogP contribution < -0.4 is 10.6 Å². The molecule has 0 aliphatic heterocycles. The van der Waals surface area contributed by atoms with Crippen LogP contribution in [-0.4, -0.2) is 17.9 Å². The van der Waals surface area contributed by atoms with E-state index in [9.17, 15) is 9.18 Å². The fourth-order valence-corrected chi connectivity index (χ4v) is 2.19. The molecule has 0 saturated heterocycles. The number of carbonyl (C=O) groups is 1. The Balaban J connectivity index is 2.33. The molecule has 0 saturated carbocycles. The van der Waals surface area contributed by atoms with E-state index >= 15 is 0 Å². The van der Waals surface area contributed by atoms with Gasteiger partial charge in [0.2, 0.25) is 0 Å². The van der Waals surface area contributed by atoms with Gasteiger partial charge in [-0.1, -0.05) is 6.07 Å². The quantitative estimate of drug-likeness (QED) is 0.899. The molecule has 1 aromatic carbocycles. The summed E-state index contributed by atoms with van der Waals surface area (Å²) in [6, 6.07) is 6.25. The second kappa shape index (κ2) is 6.00. The summed E-state index contributed by atoms with van der Waals surface area (Å²) in [7, 11) is 1.71. The number of hydrogen-bond donors (Lipinski definition) is 2. The lowest BCUT2D eigenvalue weighted by Gasteiger charge is -2.11. The average Bonchev–Trinajstić information content (AvgIpc) is 2.42. The zero-order valence-electron chi connectivity index (χ0n) is 11.0. The first-order valence-corrected chi connectivity index (χ1v) is 6.72. The Hall–Kier alpha value is -1.95. The number of carbonyl (C=O) groups excluding carboxylic acids is 1. The topological polar surface area (TPSA) is 54.0 Å². The Bertz CT molecular complexity index is 641. The Morgan fingerprint density at radius 2 is 2.15 bits per heavy atom. The van der Waals surface area contributed by atoms with E-state index in [1.807, 2.05) is 6.92 Å². The molecule has 0 fully saturated rings. The summed E-state index contributed by atoms with van der Waals surface area (Å²) in [5, 5.41) is 5.47. The molecule has 0 radical (unpaired) electrons. The van der Waals surface area contributed by atoms with Crippen molar-refractivity contribution in [3.63, 3.8) is 0 Å². The van der Waals surface area contributed by atoms with E-state index in [0.29, 0.717) is 15.7 Å². The maximum absolute atomic E-state index is 13.7. The highest BCUT2D eigenvalue weighted by molar-refractivity contribution is 9.10. The van der Waals surface area contributed by atoms with E-state index < -0.39 is 11.7 Å². The highest BCUT2D eigenvalue weighted by Gasteiger charge is 2.15. The van der Waals surface area contributed by atoms with Crippen LogP contribution in [0.25, 0.3) is 0 Å². The number of nitrogens with one attached hydrogen (secondary N) is 2. The summed E-state index contributed by atoms with van der Waals surface area (Å²) in [5.74, 6) is -0.925. The number of hydrogen-bond acceptors (Lipinski definition) is 3. The van der Waals surface area contributed by atoms with Gasteiger partial charge >= 0.3 is 0 Å². The SMILES string of the molecule is CNc1cc(C)ncc1C(=O)Nc1c(F)cccc1Br. The van der Waals surface area contributed by atoms with Gasteiger partial charge in [-0.15, -0.1) is 0 Å². The smallest absolute Gasteiger partial charge is 0.259 e. The molecule has 4 nitrogen and oxygen atoms in total. The third-order valence-corrected chi connectivity index (χ3v) is 3.42. The van der Waals surface area contributed by atoms with Crippen molar-refractivity contribution in [2.45, 2.75) is 6.92 Å². The molecule has 6 heteroatoms. The monoisotopic (exact) mass is 337 g/mol. The molecule has 20 heavy (non-hydrogen) atoms. The van der Waals surface area contributed by atoms with Gasteiger partial charge in [-0.3, -0.25) is 9.78 Å². The maximum atomic E-state index is 13.7. The maximum Gasteiger partial charge on any atom is 0.259 e. The van der Waals surface area contributed by atoms with E-state index in [1.54, 1.807) is 25.2 Å². The van der Waals surface area contributed by atoms with Gasteiger partial charge in [-0.2, -0.15) is 0 Å². The number of benzene rings is 1. The van der Waals surface area contributed by atoms with Crippen molar-refractivity contribution in [3.8, 4) is 0 Å². The van der Waals surface area contributed by atoms with Crippen LogP contribution in [0.15, 0.2) is 34.9 Å². The number of pyridine rings is 1. The Kier molecular flexibility index (Phi) is 4.34. The molecule has 2 aromatic rings. The Labute approximate surface area is 124 Å². The number of rotatable bonds is 3. The van der Waals surface area contributed by atoms with Crippen molar-refractivity contribution in [2.75, 3.05) is 17.7 Å². The minimum atomic E-state index is -0.501. The van der Waals surface area contributed by atoms with Crippen LogP contribution in [0.2, 0.25) is 0 Å². The van der Waals surface area contributed by atoms with Crippen LogP contribution in [0.4, 0.5) is 15.8 Å². The molecule has 0 spiro atoms. The summed E-state index contributed by atoms with van der Waals surface area (Å²) < 4.78 is 14.2. The highest BCUT2D eigenvalue weighted by Crippen LogP contribution is 2.26. The number of amides is 1. The third kappa shape index (κ3) is 2.96. The van der Waals surface area contributed by atoms with Crippen molar-refractivity contribution in [1.82, 2.24) is 4.98 Å². The summed E-state index contributed by atoms with van der Waals surface area (Å²) in [4.78, 5) is 16.3. The summed E-state index contributed by atoms with van der Waals surface area (Å²) in [6.45, 7) is 1.83. The lowest BCUT2D eigenvalue weighted by molar-refractivity contribution is 0.102. The molecule has 0 aliphatic carbocycles. The average molecular weight is 338 g/mol. The number of nitrogens with zero attached hydrogens (tertiary/aromatic N) is 1. The van der Waals surface area contributed by atoms with Gasteiger partial charge in [0.1, 0.15) is 5.82 Å². The van der Waals surface area contributed by atoms with Gasteiger partial charge in [0.15, 0.2) is 0 Å². The molecule has 0 unspecified atom stereocenters. The first-order valence-electron chi connectivity index (χ1n) is 5.92. The molecule has 2 N–H and O–H groups in total. The number of anilines is 2.